The van der Waals surface area contributed by atoms with Gasteiger partial charge in [0.25, 0.3) is 0 Å². The van der Waals surface area contributed by atoms with Crippen molar-refractivity contribution in [3.05, 3.63) is 76.2 Å². The quantitative estimate of drug-likeness (QED) is 0.359. The largest absolute Gasteiger partial charge is 0.489 e. The lowest BCUT2D eigenvalue weighted by molar-refractivity contribution is -0.142. The Morgan fingerprint density at radius 3 is 2.87 bits per heavy atom. The van der Waals surface area contributed by atoms with E-state index in [4.69, 9.17) is 19.6 Å². The second-order valence-electron chi connectivity index (χ2n) is 7.20. The third-order valence-electron chi connectivity index (χ3n) is 4.97. The molecule has 0 unspecified atom stereocenters. The van der Waals surface area contributed by atoms with Crippen molar-refractivity contribution in [3.63, 3.8) is 0 Å². The molecule has 0 radical (unpaired) electrons. The maximum absolute atomic E-state index is 11.9. The van der Waals surface area contributed by atoms with E-state index in [1.54, 1.807) is 24.5 Å². The van der Waals surface area contributed by atoms with E-state index in [0.717, 1.165) is 39.6 Å². The smallest absolute Gasteiger partial charge is 0.310 e. The molecule has 2 aromatic heterocycles. The molecule has 0 amide bonds. The minimum Gasteiger partial charge on any atom is -0.489 e. The molecule has 0 saturated heterocycles. The number of esters is 1. The Bertz CT molecular complexity index is 1180. The lowest BCUT2D eigenvalue weighted by Crippen LogP contribution is -2.09. The summed E-state index contributed by atoms with van der Waals surface area (Å²) >= 11 is 1.71. The monoisotopic (exact) mass is 435 g/mol. The fraction of sp³-hybridized carbons (Fsp3) is 0.240. The van der Waals surface area contributed by atoms with E-state index in [-0.39, 0.29) is 12.4 Å². The molecular weight excluding hydrogens is 410 g/mol. The topological polar surface area (TPSA) is 74.7 Å². The van der Waals surface area contributed by atoms with Gasteiger partial charge in [-0.2, -0.15) is 0 Å². The van der Waals surface area contributed by atoms with Gasteiger partial charge in [-0.1, -0.05) is 18.2 Å². The fourth-order valence-corrected chi connectivity index (χ4v) is 4.46. The number of thiophene rings is 1. The number of carbonyl (C=O) groups is 1. The summed E-state index contributed by atoms with van der Waals surface area (Å²) in [7, 11) is 0. The zero-order chi connectivity index (χ0) is 21.6. The Morgan fingerprint density at radius 2 is 2.03 bits per heavy atom. The van der Waals surface area contributed by atoms with E-state index in [2.05, 4.69) is 23.6 Å². The standard InChI is InChI=1S/C25H25NO4S/c1-2-28-24(27)14-18-5-3-4-6-23(18)30-15-17-11-19-8-10-29-25(19)22(12-17)20-13-21(7-9-26)31-16-20/h3-6,8,10-13,16H,2,7,9,14-15,26H2,1H3. The van der Waals surface area contributed by atoms with Crippen LogP contribution in [0.25, 0.3) is 22.1 Å². The van der Waals surface area contributed by atoms with Crippen molar-refractivity contribution in [2.45, 2.75) is 26.4 Å². The van der Waals surface area contributed by atoms with Gasteiger partial charge in [-0.15, -0.1) is 11.3 Å². The Labute approximate surface area is 185 Å². The van der Waals surface area contributed by atoms with Crippen LogP contribution in [-0.4, -0.2) is 19.1 Å². The number of fused-ring (bicyclic) bond motifs is 1. The third-order valence-corrected chi connectivity index (χ3v) is 5.97. The Hall–Kier alpha value is -3.09. The van der Waals surface area contributed by atoms with Crippen molar-refractivity contribution < 1.29 is 18.7 Å². The number of hydrogen-bond acceptors (Lipinski definition) is 6. The number of hydrogen-bond donors (Lipinski definition) is 1. The maximum atomic E-state index is 11.9. The Balaban J connectivity index is 1.58. The van der Waals surface area contributed by atoms with Crippen molar-refractivity contribution in [1.29, 1.82) is 0 Å². The maximum Gasteiger partial charge on any atom is 0.310 e. The Morgan fingerprint density at radius 1 is 1.16 bits per heavy atom. The number of carbonyl (C=O) groups excluding carboxylic acids is 1. The highest BCUT2D eigenvalue weighted by Gasteiger charge is 2.13. The highest BCUT2D eigenvalue weighted by molar-refractivity contribution is 7.10. The van der Waals surface area contributed by atoms with Crippen molar-refractivity contribution in [3.8, 4) is 16.9 Å². The van der Waals surface area contributed by atoms with Crippen molar-refractivity contribution in [2.75, 3.05) is 13.2 Å². The number of benzene rings is 2. The van der Waals surface area contributed by atoms with E-state index < -0.39 is 0 Å². The summed E-state index contributed by atoms with van der Waals surface area (Å²) in [5.74, 6) is 0.427. The molecule has 31 heavy (non-hydrogen) atoms. The van der Waals surface area contributed by atoms with Crippen LogP contribution in [-0.2, 0) is 29.0 Å². The molecule has 4 aromatic rings. The van der Waals surface area contributed by atoms with Gasteiger partial charge in [0, 0.05) is 21.4 Å². The number of furan rings is 1. The number of rotatable bonds is 9. The van der Waals surface area contributed by atoms with Gasteiger partial charge in [-0.3, -0.25) is 4.79 Å². The van der Waals surface area contributed by atoms with Crippen LogP contribution in [0.5, 0.6) is 5.75 Å². The minimum absolute atomic E-state index is 0.189. The van der Waals surface area contributed by atoms with Gasteiger partial charge in [0.2, 0.25) is 0 Å². The molecule has 160 valence electrons. The van der Waals surface area contributed by atoms with Crippen molar-refractivity contribution in [1.82, 2.24) is 0 Å². The first-order valence-electron chi connectivity index (χ1n) is 10.3. The van der Waals surface area contributed by atoms with E-state index >= 15 is 0 Å². The van der Waals surface area contributed by atoms with E-state index in [9.17, 15) is 4.79 Å². The number of ether oxygens (including phenoxy) is 2. The molecule has 0 aliphatic heterocycles. The second kappa shape index (κ2) is 9.81. The zero-order valence-corrected chi connectivity index (χ0v) is 18.2. The van der Waals surface area contributed by atoms with Gasteiger partial charge in [-0.25, -0.2) is 0 Å². The summed E-state index contributed by atoms with van der Waals surface area (Å²) in [6, 6.07) is 15.9. The molecule has 6 heteroatoms. The highest BCUT2D eigenvalue weighted by Crippen LogP contribution is 2.34. The average Bonchev–Trinajstić information content (AvgIpc) is 3.42. The predicted molar refractivity (Wildman–Crippen MR) is 123 cm³/mol. The normalized spacial score (nSPS) is 11.0. The summed E-state index contributed by atoms with van der Waals surface area (Å²) in [6.45, 7) is 3.18. The highest BCUT2D eigenvalue weighted by atomic mass is 32.1. The van der Waals surface area contributed by atoms with Crippen LogP contribution in [0.3, 0.4) is 0 Å². The van der Waals surface area contributed by atoms with Gasteiger partial charge >= 0.3 is 5.97 Å². The van der Waals surface area contributed by atoms with Crippen LogP contribution >= 0.6 is 11.3 Å². The molecule has 4 rings (SSSR count). The lowest BCUT2D eigenvalue weighted by atomic mass is 10.0. The fourth-order valence-electron chi connectivity index (χ4n) is 3.56. The van der Waals surface area contributed by atoms with Crippen LogP contribution < -0.4 is 10.5 Å². The first-order chi connectivity index (χ1) is 15.2. The van der Waals surface area contributed by atoms with Crippen LogP contribution in [0.1, 0.15) is 22.9 Å². The molecule has 0 aliphatic rings. The Kier molecular flexibility index (Phi) is 6.70. The molecule has 2 aromatic carbocycles. The number of para-hydroxylation sites is 1. The van der Waals surface area contributed by atoms with Gasteiger partial charge in [0.15, 0.2) is 0 Å². The van der Waals surface area contributed by atoms with Crippen LogP contribution in [0.15, 0.2) is 64.6 Å². The summed E-state index contributed by atoms with van der Waals surface area (Å²) < 4.78 is 16.9. The van der Waals surface area contributed by atoms with Crippen molar-refractivity contribution >= 4 is 28.3 Å². The van der Waals surface area contributed by atoms with E-state index in [0.29, 0.717) is 25.5 Å². The van der Waals surface area contributed by atoms with Gasteiger partial charge < -0.3 is 19.6 Å². The molecule has 0 saturated carbocycles. The average molecular weight is 436 g/mol. The molecule has 0 spiro atoms. The van der Waals surface area contributed by atoms with Gasteiger partial charge in [0.1, 0.15) is 17.9 Å². The van der Waals surface area contributed by atoms with E-state index in [1.165, 1.54) is 4.88 Å². The second-order valence-corrected chi connectivity index (χ2v) is 8.20. The van der Waals surface area contributed by atoms with Crippen molar-refractivity contribution in [2.24, 2.45) is 5.73 Å². The molecule has 0 fully saturated rings. The molecule has 0 aliphatic carbocycles. The summed E-state index contributed by atoms with van der Waals surface area (Å²) in [5, 5.41) is 3.17. The van der Waals surface area contributed by atoms with Crippen LogP contribution in [0, 0.1) is 0 Å². The molecule has 2 N–H and O–H groups in total. The summed E-state index contributed by atoms with van der Waals surface area (Å²) in [5.41, 5.74) is 10.6. The van der Waals surface area contributed by atoms with Crippen LogP contribution in [0.4, 0.5) is 0 Å². The lowest BCUT2D eigenvalue weighted by Gasteiger charge is -2.12. The summed E-state index contributed by atoms with van der Waals surface area (Å²) in [6.07, 6.45) is 2.77. The number of nitrogens with two attached hydrogens (primary N) is 1. The zero-order valence-electron chi connectivity index (χ0n) is 17.4. The summed E-state index contributed by atoms with van der Waals surface area (Å²) in [4.78, 5) is 13.2. The first-order valence-corrected chi connectivity index (χ1v) is 11.2. The molecule has 0 atom stereocenters. The van der Waals surface area contributed by atoms with Crippen LogP contribution in [0.2, 0.25) is 0 Å². The molecule has 5 nitrogen and oxygen atoms in total. The van der Waals surface area contributed by atoms with E-state index in [1.807, 2.05) is 30.3 Å². The molecule has 0 bridgehead atoms. The van der Waals surface area contributed by atoms with Gasteiger partial charge in [0.05, 0.1) is 19.3 Å². The minimum atomic E-state index is -0.258. The third kappa shape index (κ3) is 4.98. The SMILES string of the molecule is CCOC(=O)Cc1ccccc1OCc1cc(-c2csc(CCN)c2)c2occc2c1. The molecular formula is C25H25NO4S. The molecule has 2 heterocycles. The predicted octanol–water partition coefficient (Wildman–Crippen LogP) is 5.35. The first kappa shape index (κ1) is 21.2. The van der Waals surface area contributed by atoms with Gasteiger partial charge in [-0.05, 0) is 66.7 Å².